The van der Waals surface area contributed by atoms with E-state index in [4.69, 9.17) is 4.74 Å². The lowest BCUT2D eigenvalue weighted by Crippen LogP contribution is -2.46. The van der Waals surface area contributed by atoms with Crippen molar-refractivity contribution in [3.63, 3.8) is 0 Å². The Morgan fingerprint density at radius 2 is 1.81 bits per heavy atom. The van der Waals surface area contributed by atoms with Gasteiger partial charge in [-0.15, -0.1) is 0 Å². The summed E-state index contributed by atoms with van der Waals surface area (Å²) in [6, 6.07) is 8.74. The van der Waals surface area contributed by atoms with Crippen LogP contribution in [0.5, 0.6) is 0 Å². The van der Waals surface area contributed by atoms with Gasteiger partial charge >= 0.3 is 0 Å². The predicted molar refractivity (Wildman–Crippen MR) is 66.5 cm³/mol. The van der Waals surface area contributed by atoms with Gasteiger partial charge in [-0.3, -0.25) is 0 Å². The number of benzene rings is 1. The molecule has 0 spiro atoms. The van der Waals surface area contributed by atoms with Crippen molar-refractivity contribution in [2.75, 3.05) is 13.2 Å². The molecule has 1 saturated heterocycles. The second-order valence-corrected chi connectivity index (χ2v) is 5.01. The Morgan fingerprint density at radius 1 is 1.19 bits per heavy atom. The second-order valence-electron chi connectivity index (χ2n) is 5.01. The maximum absolute atomic E-state index is 5.39. The molecular formula is C14H21NO. The van der Waals surface area contributed by atoms with Gasteiger partial charge in [0.15, 0.2) is 0 Å². The van der Waals surface area contributed by atoms with Gasteiger partial charge in [0.1, 0.15) is 0 Å². The summed E-state index contributed by atoms with van der Waals surface area (Å²) >= 11 is 0. The number of hydrogen-bond donors (Lipinski definition) is 1. The molecule has 16 heavy (non-hydrogen) atoms. The molecular weight excluding hydrogens is 198 g/mol. The SMILES string of the molecule is Cc1ccc(CNC2(C)CCOCC2)cc1. The summed E-state index contributed by atoms with van der Waals surface area (Å²) < 4.78 is 5.39. The Bertz CT molecular complexity index is 325. The zero-order valence-corrected chi connectivity index (χ0v) is 10.3. The summed E-state index contributed by atoms with van der Waals surface area (Å²) in [5, 5.41) is 3.65. The minimum atomic E-state index is 0.253. The highest BCUT2D eigenvalue weighted by atomic mass is 16.5. The topological polar surface area (TPSA) is 21.3 Å². The molecule has 0 radical (unpaired) electrons. The van der Waals surface area contributed by atoms with E-state index >= 15 is 0 Å². The molecule has 1 aromatic carbocycles. The Kier molecular flexibility index (Phi) is 3.62. The van der Waals surface area contributed by atoms with E-state index < -0.39 is 0 Å². The molecule has 0 aliphatic carbocycles. The van der Waals surface area contributed by atoms with E-state index in [-0.39, 0.29) is 5.54 Å². The van der Waals surface area contributed by atoms with Crippen LogP contribution >= 0.6 is 0 Å². The lowest BCUT2D eigenvalue weighted by Gasteiger charge is -2.34. The zero-order valence-electron chi connectivity index (χ0n) is 10.3. The summed E-state index contributed by atoms with van der Waals surface area (Å²) in [5.74, 6) is 0. The lowest BCUT2D eigenvalue weighted by atomic mass is 9.92. The van der Waals surface area contributed by atoms with Crippen LogP contribution in [0.3, 0.4) is 0 Å². The molecule has 2 rings (SSSR count). The van der Waals surface area contributed by atoms with E-state index in [9.17, 15) is 0 Å². The monoisotopic (exact) mass is 219 g/mol. The molecule has 1 fully saturated rings. The average Bonchev–Trinajstić information content (AvgIpc) is 2.29. The molecule has 2 heteroatoms. The molecule has 0 aromatic heterocycles. The van der Waals surface area contributed by atoms with Crippen molar-refractivity contribution in [2.45, 2.75) is 38.8 Å². The third-order valence-corrected chi connectivity index (χ3v) is 3.44. The van der Waals surface area contributed by atoms with Crippen LogP contribution in [0.25, 0.3) is 0 Å². The number of rotatable bonds is 3. The molecule has 1 aromatic rings. The molecule has 2 nitrogen and oxygen atoms in total. The molecule has 1 N–H and O–H groups in total. The fourth-order valence-electron chi connectivity index (χ4n) is 2.02. The van der Waals surface area contributed by atoms with Crippen molar-refractivity contribution in [1.29, 1.82) is 0 Å². The van der Waals surface area contributed by atoms with E-state index in [1.165, 1.54) is 11.1 Å². The number of ether oxygens (including phenoxy) is 1. The molecule has 1 aliphatic heterocycles. The first kappa shape index (κ1) is 11.6. The predicted octanol–water partition coefficient (Wildman–Crippen LogP) is 2.65. The maximum Gasteiger partial charge on any atom is 0.0483 e. The van der Waals surface area contributed by atoms with Crippen LogP contribution in [0, 0.1) is 6.92 Å². The minimum Gasteiger partial charge on any atom is -0.381 e. The first-order valence-electron chi connectivity index (χ1n) is 6.06. The van der Waals surface area contributed by atoms with Crippen LogP contribution in [0.4, 0.5) is 0 Å². The molecule has 0 unspecified atom stereocenters. The van der Waals surface area contributed by atoms with Crippen molar-refractivity contribution < 1.29 is 4.74 Å². The number of aryl methyl sites for hydroxylation is 1. The van der Waals surface area contributed by atoms with Crippen molar-refractivity contribution in [3.05, 3.63) is 35.4 Å². The molecule has 1 aliphatic rings. The third-order valence-electron chi connectivity index (χ3n) is 3.44. The van der Waals surface area contributed by atoms with Gasteiger partial charge in [0, 0.05) is 25.3 Å². The second kappa shape index (κ2) is 4.98. The average molecular weight is 219 g/mol. The van der Waals surface area contributed by atoms with Gasteiger partial charge in [-0.2, -0.15) is 0 Å². The van der Waals surface area contributed by atoms with Crippen LogP contribution in [-0.2, 0) is 11.3 Å². The van der Waals surface area contributed by atoms with E-state index in [2.05, 4.69) is 43.4 Å². The fourth-order valence-corrected chi connectivity index (χ4v) is 2.02. The van der Waals surface area contributed by atoms with Crippen molar-refractivity contribution >= 4 is 0 Å². The van der Waals surface area contributed by atoms with Gasteiger partial charge in [0.05, 0.1) is 0 Å². The first-order valence-corrected chi connectivity index (χ1v) is 6.06. The number of nitrogens with one attached hydrogen (secondary N) is 1. The van der Waals surface area contributed by atoms with E-state index in [1.807, 2.05) is 0 Å². The van der Waals surface area contributed by atoms with Gasteiger partial charge in [-0.05, 0) is 32.3 Å². The van der Waals surface area contributed by atoms with Crippen molar-refractivity contribution in [2.24, 2.45) is 0 Å². The summed E-state index contributed by atoms with van der Waals surface area (Å²) in [7, 11) is 0. The van der Waals surface area contributed by atoms with Crippen molar-refractivity contribution in [1.82, 2.24) is 5.32 Å². The summed E-state index contributed by atoms with van der Waals surface area (Å²) in [6.07, 6.45) is 2.22. The Labute approximate surface area is 98.0 Å². The van der Waals surface area contributed by atoms with Gasteiger partial charge in [-0.1, -0.05) is 29.8 Å². The molecule has 1 heterocycles. The number of hydrogen-bond acceptors (Lipinski definition) is 2. The molecule has 0 atom stereocenters. The Morgan fingerprint density at radius 3 is 2.44 bits per heavy atom. The summed E-state index contributed by atoms with van der Waals surface area (Å²) in [4.78, 5) is 0. The molecule has 0 bridgehead atoms. The Hall–Kier alpha value is -0.860. The zero-order chi connectivity index (χ0) is 11.4. The third kappa shape index (κ3) is 3.06. The van der Waals surface area contributed by atoms with Crippen LogP contribution in [0.15, 0.2) is 24.3 Å². The van der Waals surface area contributed by atoms with E-state index in [0.29, 0.717) is 0 Å². The highest BCUT2D eigenvalue weighted by Crippen LogP contribution is 2.20. The maximum atomic E-state index is 5.39. The normalized spacial score (nSPS) is 19.6. The first-order chi connectivity index (χ1) is 7.68. The van der Waals surface area contributed by atoms with Crippen LogP contribution < -0.4 is 5.32 Å². The van der Waals surface area contributed by atoms with Gasteiger partial charge < -0.3 is 10.1 Å². The molecule has 0 amide bonds. The Balaban J connectivity index is 1.88. The van der Waals surface area contributed by atoms with E-state index in [0.717, 1.165) is 32.6 Å². The lowest BCUT2D eigenvalue weighted by molar-refractivity contribution is 0.0446. The van der Waals surface area contributed by atoms with E-state index in [1.54, 1.807) is 0 Å². The van der Waals surface area contributed by atoms with Crippen LogP contribution in [0.2, 0.25) is 0 Å². The standard InChI is InChI=1S/C14H21NO/c1-12-3-5-13(6-4-12)11-15-14(2)7-9-16-10-8-14/h3-6,15H,7-11H2,1-2H3. The van der Waals surface area contributed by atoms with Gasteiger partial charge in [0.25, 0.3) is 0 Å². The molecule has 88 valence electrons. The fraction of sp³-hybridized carbons (Fsp3) is 0.571. The molecule has 0 saturated carbocycles. The highest BCUT2D eigenvalue weighted by molar-refractivity contribution is 5.21. The summed E-state index contributed by atoms with van der Waals surface area (Å²) in [6.45, 7) is 7.15. The quantitative estimate of drug-likeness (QED) is 0.844. The van der Waals surface area contributed by atoms with Crippen molar-refractivity contribution in [3.8, 4) is 0 Å². The van der Waals surface area contributed by atoms with Crippen LogP contribution in [-0.4, -0.2) is 18.8 Å². The summed E-state index contributed by atoms with van der Waals surface area (Å²) in [5.41, 5.74) is 2.93. The largest absolute Gasteiger partial charge is 0.381 e. The van der Waals surface area contributed by atoms with Gasteiger partial charge in [0.2, 0.25) is 0 Å². The highest BCUT2D eigenvalue weighted by Gasteiger charge is 2.26. The minimum absolute atomic E-state index is 0.253. The smallest absolute Gasteiger partial charge is 0.0483 e. The van der Waals surface area contributed by atoms with Gasteiger partial charge in [-0.25, -0.2) is 0 Å². The van der Waals surface area contributed by atoms with Crippen LogP contribution in [0.1, 0.15) is 30.9 Å².